The van der Waals surface area contributed by atoms with Crippen molar-refractivity contribution in [1.82, 2.24) is 4.90 Å². The third-order valence-corrected chi connectivity index (χ3v) is 3.34. The topological polar surface area (TPSA) is 59.5 Å². The molecule has 1 aliphatic carbocycles. The van der Waals surface area contributed by atoms with Crippen LogP contribution in [0, 0.1) is 0 Å². The molecule has 1 fully saturated rings. The van der Waals surface area contributed by atoms with E-state index in [-0.39, 0.29) is 5.91 Å². The van der Waals surface area contributed by atoms with Crippen LogP contribution in [0.15, 0.2) is 22.8 Å². The van der Waals surface area contributed by atoms with Crippen LogP contribution in [-0.4, -0.2) is 22.9 Å². The Kier molecular flexibility index (Phi) is 3.84. The molecule has 2 N–H and O–H groups in total. The van der Waals surface area contributed by atoms with E-state index in [1.807, 2.05) is 17.0 Å². The quantitative estimate of drug-likeness (QED) is 0.868. The number of rotatable bonds is 4. The minimum absolute atomic E-state index is 0.0216. The normalized spacial score (nSPS) is 18.2. The lowest BCUT2D eigenvalue weighted by atomic mass is 10.1. The van der Waals surface area contributed by atoms with Crippen LogP contribution in [-0.2, 0) is 11.3 Å². The van der Waals surface area contributed by atoms with Gasteiger partial charge in [-0.2, -0.15) is 0 Å². The summed E-state index contributed by atoms with van der Waals surface area (Å²) in [6, 6.07) is 3.64. The average molecular weight is 236 g/mol. The van der Waals surface area contributed by atoms with E-state index in [4.69, 9.17) is 10.2 Å². The predicted molar refractivity (Wildman–Crippen MR) is 65.2 cm³/mol. The average Bonchev–Trinajstić information content (AvgIpc) is 2.97. The molecule has 0 aromatic carbocycles. The molecular formula is C13H20N2O2. The first kappa shape index (κ1) is 12.2. The fourth-order valence-electron chi connectivity index (χ4n) is 2.43. The maximum absolute atomic E-state index is 12.1. The fraction of sp³-hybridized carbons (Fsp3) is 0.615. The summed E-state index contributed by atoms with van der Waals surface area (Å²) in [6.07, 6.45) is 6.20. The minimum Gasteiger partial charge on any atom is -0.467 e. The van der Waals surface area contributed by atoms with E-state index in [2.05, 4.69) is 0 Å². The summed E-state index contributed by atoms with van der Waals surface area (Å²) in [6.45, 7) is 2.28. The van der Waals surface area contributed by atoms with Crippen molar-refractivity contribution in [2.75, 3.05) is 0 Å². The second-order valence-corrected chi connectivity index (χ2v) is 4.77. The molecule has 4 nitrogen and oxygen atoms in total. The maximum atomic E-state index is 12.1. The van der Waals surface area contributed by atoms with E-state index in [1.165, 1.54) is 12.8 Å². The standard InChI is InChI=1S/C13H20N2O2/c1-10(14)13(16)15(11-5-2-3-6-11)9-12-7-4-8-17-12/h4,7-8,10-11H,2-3,5-6,9,14H2,1H3. The minimum atomic E-state index is -0.439. The van der Waals surface area contributed by atoms with Gasteiger partial charge in [-0.25, -0.2) is 0 Å². The number of furan rings is 1. The van der Waals surface area contributed by atoms with Crippen molar-refractivity contribution >= 4 is 5.91 Å². The number of hydrogen-bond donors (Lipinski definition) is 1. The summed E-state index contributed by atoms with van der Waals surface area (Å²) in [7, 11) is 0. The molecule has 1 unspecified atom stereocenters. The van der Waals surface area contributed by atoms with E-state index in [9.17, 15) is 4.79 Å². The smallest absolute Gasteiger partial charge is 0.239 e. The number of nitrogens with zero attached hydrogens (tertiary/aromatic N) is 1. The molecule has 0 saturated heterocycles. The van der Waals surface area contributed by atoms with Crippen molar-refractivity contribution in [1.29, 1.82) is 0 Å². The molecular weight excluding hydrogens is 216 g/mol. The lowest BCUT2D eigenvalue weighted by Crippen LogP contribution is -2.46. The molecule has 1 amide bonds. The van der Waals surface area contributed by atoms with Gasteiger partial charge in [0.2, 0.25) is 5.91 Å². The Bertz CT molecular complexity index is 354. The first-order chi connectivity index (χ1) is 8.18. The first-order valence-electron chi connectivity index (χ1n) is 6.27. The Hall–Kier alpha value is -1.29. The van der Waals surface area contributed by atoms with E-state index in [1.54, 1.807) is 13.2 Å². The van der Waals surface area contributed by atoms with Crippen molar-refractivity contribution in [3.05, 3.63) is 24.2 Å². The Morgan fingerprint density at radius 1 is 1.59 bits per heavy atom. The van der Waals surface area contributed by atoms with Crippen molar-refractivity contribution < 1.29 is 9.21 Å². The van der Waals surface area contributed by atoms with Gasteiger partial charge in [-0.3, -0.25) is 4.79 Å². The molecule has 2 rings (SSSR count). The molecule has 94 valence electrons. The van der Waals surface area contributed by atoms with Crippen LogP contribution in [0.4, 0.5) is 0 Å². The second-order valence-electron chi connectivity index (χ2n) is 4.77. The molecule has 4 heteroatoms. The van der Waals surface area contributed by atoms with Gasteiger partial charge in [0, 0.05) is 6.04 Å². The van der Waals surface area contributed by atoms with Gasteiger partial charge in [0.15, 0.2) is 0 Å². The maximum Gasteiger partial charge on any atom is 0.239 e. The van der Waals surface area contributed by atoms with Crippen LogP contribution in [0.25, 0.3) is 0 Å². The summed E-state index contributed by atoms with van der Waals surface area (Å²) in [5.74, 6) is 0.846. The zero-order valence-corrected chi connectivity index (χ0v) is 10.3. The van der Waals surface area contributed by atoms with Crippen LogP contribution in [0.1, 0.15) is 38.4 Å². The van der Waals surface area contributed by atoms with Gasteiger partial charge in [0.25, 0.3) is 0 Å². The van der Waals surface area contributed by atoms with Crippen LogP contribution < -0.4 is 5.73 Å². The number of amides is 1. The summed E-state index contributed by atoms with van der Waals surface area (Å²) in [4.78, 5) is 14.0. The molecule has 0 spiro atoms. The van der Waals surface area contributed by atoms with Crippen LogP contribution in [0.3, 0.4) is 0 Å². The van der Waals surface area contributed by atoms with Gasteiger partial charge >= 0.3 is 0 Å². The van der Waals surface area contributed by atoms with Gasteiger partial charge in [0.05, 0.1) is 18.8 Å². The zero-order chi connectivity index (χ0) is 12.3. The Morgan fingerprint density at radius 2 is 2.29 bits per heavy atom. The van der Waals surface area contributed by atoms with Crippen LogP contribution in [0.5, 0.6) is 0 Å². The van der Waals surface area contributed by atoms with E-state index < -0.39 is 6.04 Å². The molecule has 0 aliphatic heterocycles. The monoisotopic (exact) mass is 236 g/mol. The third-order valence-electron chi connectivity index (χ3n) is 3.34. The van der Waals surface area contributed by atoms with Crippen molar-refractivity contribution in [3.8, 4) is 0 Å². The van der Waals surface area contributed by atoms with Gasteiger partial charge in [-0.15, -0.1) is 0 Å². The third kappa shape index (κ3) is 2.88. The Morgan fingerprint density at radius 3 is 2.82 bits per heavy atom. The van der Waals surface area contributed by atoms with Crippen LogP contribution >= 0.6 is 0 Å². The van der Waals surface area contributed by atoms with Gasteiger partial charge in [-0.1, -0.05) is 12.8 Å². The molecule has 1 saturated carbocycles. The number of hydrogen-bond acceptors (Lipinski definition) is 3. The summed E-state index contributed by atoms with van der Waals surface area (Å²) < 4.78 is 5.32. The molecule has 1 atom stereocenters. The lowest BCUT2D eigenvalue weighted by molar-refractivity contribution is -0.135. The van der Waals surface area contributed by atoms with Crippen LogP contribution in [0.2, 0.25) is 0 Å². The number of nitrogens with two attached hydrogens (primary N) is 1. The Balaban J connectivity index is 2.08. The highest BCUT2D eigenvalue weighted by Gasteiger charge is 2.28. The number of carbonyl (C=O) groups excluding carboxylic acids is 1. The molecule has 17 heavy (non-hydrogen) atoms. The fourth-order valence-corrected chi connectivity index (χ4v) is 2.43. The Labute approximate surface area is 102 Å². The van der Waals surface area contributed by atoms with E-state index >= 15 is 0 Å². The molecule has 1 heterocycles. The van der Waals surface area contributed by atoms with Crippen molar-refractivity contribution in [3.63, 3.8) is 0 Å². The molecule has 0 radical (unpaired) electrons. The summed E-state index contributed by atoms with van der Waals surface area (Å²) >= 11 is 0. The van der Waals surface area contributed by atoms with Crippen molar-refractivity contribution in [2.45, 2.75) is 51.2 Å². The van der Waals surface area contributed by atoms with Crippen molar-refractivity contribution in [2.24, 2.45) is 5.73 Å². The zero-order valence-electron chi connectivity index (χ0n) is 10.3. The molecule has 1 aromatic rings. The second kappa shape index (κ2) is 5.36. The first-order valence-corrected chi connectivity index (χ1v) is 6.27. The SMILES string of the molecule is CC(N)C(=O)N(Cc1ccco1)C1CCCC1. The largest absolute Gasteiger partial charge is 0.467 e. The van der Waals surface area contributed by atoms with E-state index in [0.29, 0.717) is 12.6 Å². The number of carbonyl (C=O) groups is 1. The summed E-state index contributed by atoms with van der Waals surface area (Å²) in [5.41, 5.74) is 5.71. The molecule has 1 aromatic heterocycles. The van der Waals surface area contributed by atoms with E-state index in [0.717, 1.165) is 18.6 Å². The van der Waals surface area contributed by atoms with Gasteiger partial charge < -0.3 is 15.1 Å². The summed E-state index contributed by atoms with van der Waals surface area (Å²) in [5, 5.41) is 0. The van der Waals surface area contributed by atoms with Gasteiger partial charge in [0.1, 0.15) is 5.76 Å². The lowest BCUT2D eigenvalue weighted by Gasteiger charge is -2.29. The predicted octanol–water partition coefficient (Wildman–Crippen LogP) is 1.90. The molecule has 0 bridgehead atoms. The highest BCUT2D eigenvalue weighted by atomic mass is 16.3. The van der Waals surface area contributed by atoms with Gasteiger partial charge in [-0.05, 0) is 31.9 Å². The molecule has 1 aliphatic rings. The highest BCUT2D eigenvalue weighted by molar-refractivity contribution is 5.81. The highest BCUT2D eigenvalue weighted by Crippen LogP contribution is 2.25.